The van der Waals surface area contributed by atoms with Gasteiger partial charge >= 0.3 is 0 Å². The third-order valence-electron chi connectivity index (χ3n) is 4.42. The van der Waals surface area contributed by atoms with Gasteiger partial charge in [-0.2, -0.15) is 0 Å². The zero-order chi connectivity index (χ0) is 19.5. The molecule has 0 spiro atoms. The van der Waals surface area contributed by atoms with Gasteiger partial charge < -0.3 is 24.0 Å². The summed E-state index contributed by atoms with van der Waals surface area (Å²) in [4.78, 5) is 29.0. The maximum absolute atomic E-state index is 13.1. The van der Waals surface area contributed by atoms with Crippen molar-refractivity contribution in [3.05, 3.63) is 17.7 Å². The highest BCUT2D eigenvalue weighted by Gasteiger charge is 2.32. The first-order chi connectivity index (χ1) is 12.2. The minimum absolute atomic E-state index is 0.101. The minimum atomic E-state index is -0.422. The van der Waals surface area contributed by atoms with Crippen molar-refractivity contribution in [1.82, 2.24) is 9.80 Å². The van der Waals surface area contributed by atoms with Gasteiger partial charge in [-0.15, -0.1) is 0 Å². The lowest BCUT2D eigenvalue weighted by Gasteiger charge is -2.37. The summed E-state index contributed by atoms with van der Waals surface area (Å²) in [7, 11) is 4.55. The number of nitrogens with zero attached hydrogens (tertiary/aromatic N) is 2. The summed E-state index contributed by atoms with van der Waals surface area (Å²) in [5.41, 5.74) is -0.0550. The molecule has 1 aromatic carbocycles. The zero-order valence-electron chi connectivity index (χ0n) is 16.4. The average Bonchev–Trinajstić information content (AvgIpc) is 2.64. The fourth-order valence-corrected chi connectivity index (χ4v) is 2.96. The molecule has 144 valence electrons. The van der Waals surface area contributed by atoms with E-state index in [1.165, 1.54) is 14.2 Å². The van der Waals surface area contributed by atoms with Crippen LogP contribution in [0.4, 0.5) is 0 Å². The first kappa shape index (κ1) is 19.9. The molecule has 2 amide bonds. The summed E-state index contributed by atoms with van der Waals surface area (Å²) in [5, 5.41) is 0. The number of carbonyl (C=O) groups excluding carboxylic acids is 2. The molecule has 1 aliphatic rings. The Morgan fingerprint density at radius 3 is 1.69 bits per heavy atom. The highest BCUT2D eigenvalue weighted by molar-refractivity contribution is 6.00. The Morgan fingerprint density at radius 1 is 0.846 bits per heavy atom. The van der Waals surface area contributed by atoms with Crippen LogP contribution in [0.5, 0.6) is 17.2 Å². The van der Waals surface area contributed by atoms with Crippen LogP contribution in [0.15, 0.2) is 12.1 Å². The van der Waals surface area contributed by atoms with Gasteiger partial charge in [0.1, 0.15) is 22.8 Å². The van der Waals surface area contributed by atoms with E-state index in [9.17, 15) is 9.59 Å². The molecular formula is C19H28N2O5. The van der Waals surface area contributed by atoms with E-state index < -0.39 is 5.41 Å². The quantitative estimate of drug-likeness (QED) is 0.818. The van der Waals surface area contributed by atoms with Crippen LogP contribution in [-0.4, -0.2) is 69.1 Å². The largest absolute Gasteiger partial charge is 0.496 e. The van der Waals surface area contributed by atoms with Crippen LogP contribution in [0.25, 0.3) is 0 Å². The van der Waals surface area contributed by atoms with Gasteiger partial charge in [0.15, 0.2) is 0 Å². The summed E-state index contributed by atoms with van der Waals surface area (Å²) in [6.07, 6.45) is 0. The van der Waals surface area contributed by atoms with Crippen molar-refractivity contribution < 1.29 is 23.8 Å². The molecule has 7 heteroatoms. The first-order valence-corrected chi connectivity index (χ1v) is 8.61. The van der Waals surface area contributed by atoms with Crippen molar-refractivity contribution in [3.63, 3.8) is 0 Å². The number of carbonyl (C=O) groups is 2. The second-order valence-corrected chi connectivity index (χ2v) is 7.24. The van der Waals surface area contributed by atoms with Gasteiger partial charge in [0.2, 0.25) is 5.91 Å². The molecule has 1 fully saturated rings. The topological polar surface area (TPSA) is 68.3 Å². The van der Waals surface area contributed by atoms with Crippen molar-refractivity contribution in [2.75, 3.05) is 47.5 Å². The fraction of sp³-hybridized carbons (Fsp3) is 0.579. The van der Waals surface area contributed by atoms with E-state index in [0.29, 0.717) is 49.0 Å². The molecule has 0 saturated carbocycles. The number of piperazine rings is 1. The lowest BCUT2D eigenvalue weighted by molar-refractivity contribution is -0.140. The molecule has 0 N–H and O–H groups in total. The van der Waals surface area contributed by atoms with Crippen LogP contribution >= 0.6 is 0 Å². The molecule has 2 rings (SSSR count). The van der Waals surface area contributed by atoms with Gasteiger partial charge in [0.05, 0.1) is 21.3 Å². The van der Waals surface area contributed by atoms with Crippen molar-refractivity contribution in [1.29, 1.82) is 0 Å². The third-order valence-corrected chi connectivity index (χ3v) is 4.42. The lowest BCUT2D eigenvalue weighted by atomic mass is 9.94. The smallest absolute Gasteiger partial charge is 0.261 e. The van der Waals surface area contributed by atoms with Crippen molar-refractivity contribution >= 4 is 11.8 Å². The highest BCUT2D eigenvalue weighted by atomic mass is 16.5. The van der Waals surface area contributed by atoms with Crippen LogP contribution in [0.1, 0.15) is 31.1 Å². The van der Waals surface area contributed by atoms with Crippen molar-refractivity contribution in [2.24, 2.45) is 5.41 Å². The van der Waals surface area contributed by atoms with Gasteiger partial charge in [0, 0.05) is 43.7 Å². The summed E-state index contributed by atoms with van der Waals surface area (Å²) >= 11 is 0. The van der Waals surface area contributed by atoms with E-state index >= 15 is 0 Å². The van der Waals surface area contributed by atoms with Crippen LogP contribution in [0.3, 0.4) is 0 Å². The van der Waals surface area contributed by atoms with Crippen LogP contribution in [-0.2, 0) is 4.79 Å². The molecule has 0 atom stereocenters. The zero-order valence-corrected chi connectivity index (χ0v) is 16.4. The first-order valence-electron chi connectivity index (χ1n) is 8.61. The normalized spacial score (nSPS) is 14.8. The minimum Gasteiger partial charge on any atom is -0.496 e. The molecule has 0 unspecified atom stereocenters. The van der Waals surface area contributed by atoms with Gasteiger partial charge in [-0.05, 0) is 0 Å². The van der Waals surface area contributed by atoms with E-state index in [2.05, 4.69) is 0 Å². The Bertz CT molecular complexity index is 648. The van der Waals surface area contributed by atoms with Crippen molar-refractivity contribution in [2.45, 2.75) is 20.8 Å². The van der Waals surface area contributed by atoms with E-state index in [4.69, 9.17) is 14.2 Å². The number of methoxy groups -OCH3 is 3. The van der Waals surface area contributed by atoms with Gasteiger partial charge in [-0.3, -0.25) is 9.59 Å². The molecular weight excluding hydrogens is 336 g/mol. The lowest BCUT2D eigenvalue weighted by Crippen LogP contribution is -2.53. The predicted molar refractivity (Wildman–Crippen MR) is 98.0 cm³/mol. The Kier molecular flexibility index (Phi) is 6.00. The number of ether oxygens (including phenoxy) is 3. The summed E-state index contributed by atoms with van der Waals surface area (Å²) < 4.78 is 16.0. The molecule has 1 aliphatic heterocycles. The monoisotopic (exact) mass is 364 g/mol. The van der Waals surface area contributed by atoms with Crippen LogP contribution in [0, 0.1) is 5.41 Å². The summed E-state index contributed by atoms with van der Waals surface area (Å²) in [6.45, 7) is 7.68. The molecule has 1 heterocycles. The fourth-order valence-electron chi connectivity index (χ4n) is 2.96. The molecule has 0 aromatic heterocycles. The Hall–Kier alpha value is -2.44. The number of hydrogen-bond donors (Lipinski definition) is 0. The van der Waals surface area contributed by atoms with Gasteiger partial charge in [0.25, 0.3) is 5.91 Å². The highest BCUT2D eigenvalue weighted by Crippen LogP contribution is 2.35. The maximum atomic E-state index is 13.1. The average molecular weight is 364 g/mol. The SMILES string of the molecule is COc1cc(OC)c(C(=O)N2CCN(C(=O)C(C)(C)C)CC2)c(OC)c1. The molecule has 7 nitrogen and oxygen atoms in total. The van der Waals surface area contributed by atoms with Crippen LogP contribution in [0.2, 0.25) is 0 Å². The Balaban J connectivity index is 2.20. The maximum Gasteiger partial charge on any atom is 0.261 e. The predicted octanol–water partition coefficient (Wildman–Crippen LogP) is 2.04. The van der Waals surface area contributed by atoms with E-state index in [1.54, 1.807) is 24.1 Å². The Morgan fingerprint density at radius 2 is 1.31 bits per heavy atom. The second-order valence-electron chi connectivity index (χ2n) is 7.24. The molecule has 1 saturated heterocycles. The summed E-state index contributed by atoms with van der Waals surface area (Å²) in [6, 6.07) is 3.32. The van der Waals surface area contributed by atoms with Gasteiger partial charge in [-0.1, -0.05) is 20.8 Å². The standard InChI is InChI=1S/C19H28N2O5/c1-19(2,3)18(23)21-9-7-20(8-10-21)17(22)16-14(25-5)11-13(24-4)12-15(16)26-6/h11-12H,7-10H2,1-6H3. The van der Waals surface area contributed by atoms with E-state index in [0.717, 1.165) is 0 Å². The van der Waals surface area contributed by atoms with E-state index in [-0.39, 0.29) is 11.8 Å². The third kappa shape index (κ3) is 4.03. The number of amides is 2. The molecule has 0 radical (unpaired) electrons. The molecule has 0 bridgehead atoms. The van der Waals surface area contributed by atoms with Crippen LogP contribution < -0.4 is 14.2 Å². The second kappa shape index (κ2) is 7.85. The number of benzene rings is 1. The molecule has 0 aliphatic carbocycles. The van der Waals surface area contributed by atoms with Crippen molar-refractivity contribution in [3.8, 4) is 17.2 Å². The van der Waals surface area contributed by atoms with E-state index in [1.807, 2.05) is 25.7 Å². The van der Waals surface area contributed by atoms with Gasteiger partial charge in [-0.25, -0.2) is 0 Å². The molecule has 1 aromatic rings. The number of hydrogen-bond acceptors (Lipinski definition) is 5. The summed E-state index contributed by atoms with van der Waals surface area (Å²) in [5.74, 6) is 1.28. The molecule has 26 heavy (non-hydrogen) atoms. The number of rotatable bonds is 4. The Labute approximate surface area is 154 Å².